The molecule has 0 heterocycles. The van der Waals surface area contributed by atoms with Gasteiger partial charge in [0.25, 0.3) is 0 Å². The van der Waals surface area contributed by atoms with E-state index in [2.05, 4.69) is 0 Å². The van der Waals surface area contributed by atoms with Gasteiger partial charge in [0, 0.05) is 0 Å². The highest BCUT2D eigenvalue weighted by molar-refractivity contribution is 5.75. The van der Waals surface area contributed by atoms with Crippen LogP contribution in [0.5, 0.6) is 0 Å². The van der Waals surface area contributed by atoms with Gasteiger partial charge in [0.1, 0.15) is 18.3 Å². The fourth-order valence-electron chi connectivity index (χ4n) is 0.686. The van der Waals surface area contributed by atoms with Crippen molar-refractivity contribution in [2.75, 3.05) is 13.2 Å². The van der Waals surface area contributed by atoms with E-state index in [0.29, 0.717) is 0 Å². The molecule has 108 valence electrons. The number of aliphatic hydroxyl groups excluding tert-OH is 5. The van der Waals surface area contributed by atoms with E-state index in [-0.39, 0.29) is 12.8 Å². The molecule has 0 unspecified atom stereocenters. The summed E-state index contributed by atoms with van der Waals surface area (Å²) < 4.78 is 0. The molecule has 0 spiro atoms. The number of carboxylic acids is 2. The van der Waals surface area contributed by atoms with Crippen LogP contribution in [0.2, 0.25) is 0 Å². The Kier molecular flexibility index (Phi) is 11.5. The molecule has 9 nitrogen and oxygen atoms in total. The molecule has 0 saturated heterocycles. The van der Waals surface area contributed by atoms with E-state index in [1.165, 1.54) is 0 Å². The molecule has 0 radical (unpaired) electrons. The van der Waals surface area contributed by atoms with E-state index in [0.717, 1.165) is 0 Å². The van der Waals surface area contributed by atoms with Crippen LogP contribution in [0, 0.1) is 0 Å². The Morgan fingerprint density at radius 3 is 1.22 bits per heavy atom. The fraction of sp³-hybridized carbons (Fsp3) is 0.778. The molecule has 0 bridgehead atoms. The zero-order valence-electron chi connectivity index (χ0n) is 9.51. The van der Waals surface area contributed by atoms with Crippen LogP contribution in [-0.2, 0) is 9.59 Å². The number of rotatable bonds is 7. The molecule has 0 saturated carbocycles. The standard InChI is InChI=1S/C5H12O5.C4H6O4/c6-1-3(8)5(10)4(9)2-7;5-3(6)1-2-4(7)8/h3-10H,1-2H2;1-2H2,(H,5,6)(H,7,8)/t3-,4+,5+;. The molecule has 0 fully saturated rings. The van der Waals surface area contributed by atoms with Crippen LogP contribution in [0.4, 0.5) is 0 Å². The summed E-state index contributed by atoms with van der Waals surface area (Å²) in [7, 11) is 0. The van der Waals surface area contributed by atoms with Crippen LogP contribution < -0.4 is 0 Å². The molecule has 0 aliphatic heterocycles. The lowest BCUT2D eigenvalue weighted by atomic mass is 10.1. The summed E-state index contributed by atoms with van der Waals surface area (Å²) in [6, 6.07) is 0. The van der Waals surface area contributed by atoms with Gasteiger partial charge in [0.05, 0.1) is 26.1 Å². The van der Waals surface area contributed by atoms with E-state index in [9.17, 15) is 9.59 Å². The lowest BCUT2D eigenvalue weighted by molar-refractivity contribution is -0.143. The van der Waals surface area contributed by atoms with Gasteiger partial charge in [-0.05, 0) is 0 Å². The Morgan fingerprint density at radius 1 is 0.778 bits per heavy atom. The maximum atomic E-state index is 9.64. The number of hydrogen-bond acceptors (Lipinski definition) is 7. The zero-order chi connectivity index (χ0) is 14.7. The van der Waals surface area contributed by atoms with Gasteiger partial charge in [0.15, 0.2) is 0 Å². The minimum absolute atomic E-state index is 0.296. The average molecular weight is 270 g/mol. The summed E-state index contributed by atoms with van der Waals surface area (Å²) in [5.74, 6) is -2.15. The van der Waals surface area contributed by atoms with Crippen molar-refractivity contribution in [3.8, 4) is 0 Å². The maximum absolute atomic E-state index is 9.64. The largest absolute Gasteiger partial charge is 0.481 e. The molecule has 18 heavy (non-hydrogen) atoms. The number of hydrogen-bond donors (Lipinski definition) is 7. The summed E-state index contributed by atoms with van der Waals surface area (Å²) in [5.41, 5.74) is 0. The molecular formula is C9H18O9. The maximum Gasteiger partial charge on any atom is 0.303 e. The number of carbonyl (C=O) groups is 2. The first-order valence-corrected chi connectivity index (χ1v) is 4.95. The SMILES string of the molecule is O=C(O)CCC(=O)O.OC[C@@H](O)[C@H](O)[C@@H](O)CO. The minimum atomic E-state index is -1.49. The van der Waals surface area contributed by atoms with Gasteiger partial charge < -0.3 is 35.7 Å². The number of carboxylic acid groups (broad SMARTS) is 2. The topological polar surface area (TPSA) is 176 Å². The molecular weight excluding hydrogens is 252 g/mol. The van der Waals surface area contributed by atoms with Gasteiger partial charge >= 0.3 is 11.9 Å². The molecule has 0 aromatic heterocycles. The molecule has 0 amide bonds. The van der Waals surface area contributed by atoms with E-state index in [4.69, 9.17) is 35.7 Å². The lowest BCUT2D eigenvalue weighted by Gasteiger charge is -2.19. The summed E-state index contributed by atoms with van der Waals surface area (Å²) in [5, 5.41) is 58.4. The van der Waals surface area contributed by atoms with E-state index in [1.807, 2.05) is 0 Å². The summed E-state index contributed by atoms with van der Waals surface area (Å²) in [4.78, 5) is 19.3. The van der Waals surface area contributed by atoms with Gasteiger partial charge in [0.2, 0.25) is 0 Å². The quantitative estimate of drug-likeness (QED) is 0.254. The number of aliphatic hydroxyl groups is 5. The van der Waals surface area contributed by atoms with Crippen molar-refractivity contribution in [1.29, 1.82) is 0 Å². The monoisotopic (exact) mass is 270 g/mol. The van der Waals surface area contributed by atoms with Crippen molar-refractivity contribution in [3.05, 3.63) is 0 Å². The molecule has 3 atom stereocenters. The molecule has 7 N–H and O–H groups in total. The van der Waals surface area contributed by atoms with Crippen LogP contribution in [0.1, 0.15) is 12.8 Å². The molecule has 0 aliphatic rings. The predicted molar refractivity (Wildman–Crippen MR) is 56.7 cm³/mol. The average Bonchev–Trinajstić information content (AvgIpc) is 2.34. The van der Waals surface area contributed by atoms with Gasteiger partial charge in [-0.2, -0.15) is 0 Å². The first-order valence-electron chi connectivity index (χ1n) is 4.95. The van der Waals surface area contributed by atoms with Crippen molar-refractivity contribution >= 4 is 11.9 Å². The zero-order valence-corrected chi connectivity index (χ0v) is 9.51. The van der Waals surface area contributed by atoms with Crippen LogP contribution in [-0.4, -0.2) is 79.2 Å². The van der Waals surface area contributed by atoms with Crippen LogP contribution >= 0.6 is 0 Å². The van der Waals surface area contributed by atoms with Gasteiger partial charge in [-0.3, -0.25) is 9.59 Å². The van der Waals surface area contributed by atoms with Crippen molar-refractivity contribution < 1.29 is 45.3 Å². The fourth-order valence-corrected chi connectivity index (χ4v) is 0.686. The van der Waals surface area contributed by atoms with Crippen molar-refractivity contribution in [2.45, 2.75) is 31.2 Å². The second kappa shape index (κ2) is 10.9. The second-order valence-corrected chi connectivity index (χ2v) is 3.28. The third kappa shape index (κ3) is 11.2. The molecule has 0 aromatic rings. The van der Waals surface area contributed by atoms with E-state index in [1.54, 1.807) is 0 Å². The minimum Gasteiger partial charge on any atom is -0.481 e. The Labute approximate surface area is 103 Å². The van der Waals surface area contributed by atoms with Crippen LogP contribution in [0.3, 0.4) is 0 Å². The van der Waals surface area contributed by atoms with Gasteiger partial charge in [-0.1, -0.05) is 0 Å². The predicted octanol–water partition coefficient (Wildman–Crippen LogP) is -3.01. The Bertz CT molecular complexity index is 218. The summed E-state index contributed by atoms with van der Waals surface area (Å²) in [6.45, 7) is -1.28. The third-order valence-electron chi connectivity index (χ3n) is 1.72. The molecule has 0 rings (SSSR count). The number of aliphatic carboxylic acids is 2. The van der Waals surface area contributed by atoms with Crippen molar-refractivity contribution in [1.82, 2.24) is 0 Å². The first kappa shape index (κ1) is 19.1. The van der Waals surface area contributed by atoms with Crippen molar-refractivity contribution in [3.63, 3.8) is 0 Å². The van der Waals surface area contributed by atoms with Gasteiger partial charge in [-0.25, -0.2) is 0 Å². The van der Waals surface area contributed by atoms with Crippen molar-refractivity contribution in [2.24, 2.45) is 0 Å². The molecule has 9 heteroatoms. The Morgan fingerprint density at radius 2 is 1.06 bits per heavy atom. The molecule has 0 aromatic carbocycles. The highest BCUT2D eigenvalue weighted by Crippen LogP contribution is 1.98. The lowest BCUT2D eigenvalue weighted by Crippen LogP contribution is -2.41. The highest BCUT2D eigenvalue weighted by atomic mass is 16.4. The highest BCUT2D eigenvalue weighted by Gasteiger charge is 2.22. The van der Waals surface area contributed by atoms with E-state index >= 15 is 0 Å². The second-order valence-electron chi connectivity index (χ2n) is 3.28. The Hall–Kier alpha value is -1.26. The summed E-state index contributed by atoms with van der Waals surface area (Å²) >= 11 is 0. The first-order chi connectivity index (χ1) is 8.26. The smallest absolute Gasteiger partial charge is 0.303 e. The van der Waals surface area contributed by atoms with Gasteiger partial charge in [-0.15, -0.1) is 0 Å². The van der Waals surface area contributed by atoms with Crippen LogP contribution in [0.25, 0.3) is 0 Å². The van der Waals surface area contributed by atoms with Crippen LogP contribution in [0.15, 0.2) is 0 Å². The van der Waals surface area contributed by atoms with E-state index < -0.39 is 43.5 Å². The third-order valence-corrected chi connectivity index (χ3v) is 1.72. The summed E-state index contributed by atoms with van der Waals surface area (Å²) in [6.07, 6.45) is -4.88. The Balaban J connectivity index is 0. The molecule has 0 aliphatic carbocycles. The normalized spacial score (nSPS) is 14.9.